The van der Waals surface area contributed by atoms with Crippen molar-refractivity contribution in [3.8, 4) is 0 Å². The minimum Gasteiger partial charge on any atom is -0.344 e. The summed E-state index contributed by atoms with van der Waals surface area (Å²) in [6.45, 7) is 2.17. The van der Waals surface area contributed by atoms with Gasteiger partial charge in [-0.15, -0.1) is 11.3 Å². The van der Waals surface area contributed by atoms with Crippen molar-refractivity contribution in [3.05, 3.63) is 34.3 Å². The Kier molecular flexibility index (Phi) is 6.64. The number of carbonyl (C=O) groups excluding carboxylic acids is 2. The molecule has 7 heteroatoms. The van der Waals surface area contributed by atoms with Crippen LogP contribution in [0.25, 0.3) is 5.57 Å². The van der Waals surface area contributed by atoms with Gasteiger partial charge in [0.25, 0.3) is 5.91 Å². The lowest BCUT2D eigenvalue weighted by Gasteiger charge is -2.12. The Morgan fingerprint density at radius 2 is 2.26 bits per heavy atom. The zero-order valence-electron chi connectivity index (χ0n) is 13.2. The highest BCUT2D eigenvalue weighted by Gasteiger charge is 2.23. The smallest absolute Gasteiger partial charge is 0.289 e. The molecule has 1 aliphatic carbocycles. The zero-order chi connectivity index (χ0) is 16.7. The number of hydrazine groups is 1. The maximum Gasteiger partial charge on any atom is 0.289 e. The second-order valence-corrected chi connectivity index (χ2v) is 6.20. The van der Waals surface area contributed by atoms with Crippen LogP contribution in [-0.2, 0) is 16.1 Å². The number of nitrogens with two attached hydrogens (primary N) is 1. The van der Waals surface area contributed by atoms with Crippen LogP contribution in [0.1, 0.15) is 43.3 Å². The Bertz CT molecular complexity index is 621. The molecule has 0 spiro atoms. The molecule has 124 valence electrons. The molecule has 2 rings (SSSR count). The summed E-state index contributed by atoms with van der Waals surface area (Å²) in [7, 11) is 0. The number of rotatable bonds is 8. The van der Waals surface area contributed by atoms with Crippen LogP contribution in [-0.4, -0.2) is 22.7 Å². The van der Waals surface area contributed by atoms with Crippen molar-refractivity contribution in [1.82, 2.24) is 15.7 Å². The Labute approximate surface area is 139 Å². The second kappa shape index (κ2) is 8.71. The van der Waals surface area contributed by atoms with E-state index in [1.165, 1.54) is 11.3 Å². The number of nitrogens with one attached hydrogen (secondary N) is 2. The predicted molar refractivity (Wildman–Crippen MR) is 91.3 cm³/mol. The van der Waals surface area contributed by atoms with Crippen molar-refractivity contribution >= 4 is 28.6 Å². The molecule has 1 aliphatic rings. The van der Waals surface area contributed by atoms with Gasteiger partial charge in [0, 0.05) is 11.0 Å². The molecule has 6 nitrogen and oxygen atoms in total. The van der Waals surface area contributed by atoms with Gasteiger partial charge in [0.15, 0.2) is 0 Å². The fourth-order valence-electron chi connectivity index (χ4n) is 2.29. The highest BCUT2D eigenvalue weighted by molar-refractivity contribution is 7.10. The van der Waals surface area contributed by atoms with Crippen molar-refractivity contribution in [2.24, 2.45) is 5.84 Å². The first-order valence-corrected chi connectivity index (χ1v) is 8.63. The van der Waals surface area contributed by atoms with E-state index in [0.29, 0.717) is 6.42 Å². The molecule has 1 unspecified atom stereocenters. The van der Waals surface area contributed by atoms with Crippen LogP contribution >= 0.6 is 11.3 Å². The summed E-state index contributed by atoms with van der Waals surface area (Å²) in [6.07, 6.45) is 9.74. The van der Waals surface area contributed by atoms with Crippen molar-refractivity contribution in [1.29, 1.82) is 0 Å². The molecule has 0 bridgehead atoms. The van der Waals surface area contributed by atoms with Crippen LogP contribution in [0.15, 0.2) is 23.6 Å². The molecule has 1 aromatic rings. The van der Waals surface area contributed by atoms with Crippen LogP contribution in [0.3, 0.4) is 0 Å². The number of Topliss-reactive ketones (excluding diaryl/α,β-unsaturated/α-hetero) is 1. The first-order chi connectivity index (χ1) is 11.2. The third-order valence-corrected chi connectivity index (χ3v) is 4.48. The van der Waals surface area contributed by atoms with E-state index in [-0.39, 0.29) is 6.54 Å². The number of amides is 1. The fraction of sp³-hybridized carbons (Fsp3) is 0.438. The van der Waals surface area contributed by atoms with E-state index in [1.807, 2.05) is 12.3 Å². The summed E-state index contributed by atoms with van der Waals surface area (Å²) in [4.78, 5) is 28.3. The van der Waals surface area contributed by atoms with Gasteiger partial charge in [0.05, 0.1) is 18.3 Å². The number of carbonyl (C=O) groups is 2. The normalized spacial score (nSPS) is 15.1. The van der Waals surface area contributed by atoms with E-state index < -0.39 is 17.7 Å². The molecule has 1 atom stereocenters. The molecule has 1 amide bonds. The third kappa shape index (κ3) is 4.82. The first-order valence-electron chi connectivity index (χ1n) is 7.75. The second-order valence-electron chi connectivity index (χ2n) is 5.34. The molecule has 0 saturated heterocycles. The van der Waals surface area contributed by atoms with Crippen LogP contribution in [0.2, 0.25) is 0 Å². The van der Waals surface area contributed by atoms with Gasteiger partial charge in [0.1, 0.15) is 5.01 Å². The van der Waals surface area contributed by atoms with Crippen molar-refractivity contribution in [2.45, 2.75) is 45.2 Å². The lowest BCUT2D eigenvalue weighted by Crippen LogP contribution is -2.47. The standard InChI is InChI=1S/C16H22N4O2S/c1-2-6-13(20-17)14(21)15(22)18-9-12-10-23-16(19-12)11-7-4-3-5-8-11/h4,7-8,10,13,20H,2-3,5-6,9,17H2,1H3,(H,18,22). The molecule has 1 aromatic heterocycles. The number of thiazole rings is 1. The topological polar surface area (TPSA) is 97.1 Å². The number of nitrogens with zero attached hydrogens (tertiary/aromatic N) is 1. The van der Waals surface area contributed by atoms with E-state index >= 15 is 0 Å². The van der Waals surface area contributed by atoms with Gasteiger partial charge in [-0.25, -0.2) is 10.4 Å². The van der Waals surface area contributed by atoms with E-state index in [1.54, 1.807) is 0 Å². The largest absolute Gasteiger partial charge is 0.344 e. The minimum atomic E-state index is -0.636. The van der Waals surface area contributed by atoms with Gasteiger partial charge >= 0.3 is 0 Å². The summed E-state index contributed by atoms with van der Waals surface area (Å²) in [5.41, 5.74) is 4.25. The lowest BCUT2D eigenvalue weighted by atomic mass is 10.1. The predicted octanol–water partition coefficient (Wildman–Crippen LogP) is 1.69. The Balaban J connectivity index is 1.89. The molecule has 0 radical (unpaired) electrons. The van der Waals surface area contributed by atoms with E-state index in [2.05, 4.69) is 34.0 Å². The quantitative estimate of drug-likeness (QED) is 0.382. The number of aromatic nitrogens is 1. The van der Waals surface area contributed by atoms with E-state index in [0.717, 1.165) is 35.5 Å². The van der Waals surface area contributed by atoms with Gasteiger partial charge in [0.2, 0.25) is 5.78 Å². The maximum absolute atomic E-state index is 11.9. The monoisotopic (exact) mass is 334 g/mol. The molecule has 1 heterocycles. The summed E-state index contributed by atoms with van der Waals surface area (Å²) in [5.74, 6) is 4.15. The molecule has 0 saturated carbocycles. The Hall–Kier alpha value is -1.83. The van der Waals surface area contributed by atoms with Gasteiger partial charge in [-0.05, 0) is 19.3 Å². The minimum absolute atomic E-state index is 0.238. The molecular weight excluding hydrogens is 312 g/mol. The van der Waals surface area contributed by atoms with Crippen LogP contribution in [0, 0.1) is 0 Å². The van der Waals surface area contributed by atoms with Gasteiger partial charge in [-0.2, -0.15) is 0 Å². The fourth-order valence-corrected chi connectivity index (χ4v) is 3.13. The number of ketones is 1. The van der Waals surface area contributed by atoms with Crippen LogP contribution in [0.4, 0.5) is 0 Å². The van der Waals surface area contributed by atoms with Crippen molar-refractivity contribution < 1.29 is 9.59 Å². The highest BCUT2D eigenvalue weighted by atomic mass is 32.1. The Morgan fingerprint density at radius 3 is 2.91 bits per heavy atom. The maximum atomic E-state index is 11.9. The van der Waals surface area contributed by atoms with Gasteiger partial charge in [-0.3, -0.25) is 15.4 Å². The molecule has 0 aromatic carbocycles. The average Bonchev–Trinajstić information content (AvgIpc) is 3.06. The summed E-state index contributed by atoms with van der Waals surface area (Å²) in [5, 5.41) is 5.44. The van der Waals surface area contributed by atoms with E-state index in [4.69, 9.17) is 5.84 Å². The third-order valence-electron chi connectivity index (χ3n) is 3.54. The summed E-state index contributed by atoms with van der Waals surface area (Å²) >= 11 is 1.54. The van der Waals surface area contributed by atoms with Crippen LogP contribution < -0.4 is 16.6 Å². The van der Waals surface area contributed by atoms with Gasteiger partial charge in [-0.1, -0.05) is 31.6 Å². The SMILES string of the molecule is CCCC(NN)C(=O)C(=O)NCc1csc(C2=CCCC=C2)n1. The Morgan fingerprint density at radius 1 is 1.43 bits per heavy atom. The molecule has 4 N–H and O–H groups in total. The number of hydrogen-bond acceptors (Lipinski definition) is 6. The summed E-state index contributed by atoms with van der Waals surface area (Å²) in [6, 6.07) is -0.636. The van der Waals surface area contributed by atoms with Gasteiger partial charge < -0.3 is 5.32 Å². The molecule has 23 heavy (non-hydrogen) atoms. The molecule has 0 fully saturated rings. The number of allylic oxidation sites excluding steroid dienone is 4. The van der Waals surface area contributed by atoms with E-state index in [9.17, 15) is 9.59 Å². The molecular formula is C16H22N4O2S. The number of hydrogen-bond donors (Lipinski definition) is 3. The first kappa shape index (κ1) is 17.5. The zero-order valence-corrected chi connectivity index (χ0v) is 14.0. The van der Waals surface area contributed by atoms with Crippen molar-refractivity contribution in [2.75, 3.05) is 0 Å². The van der Waals surface area contributed by atoms with Crippen LogP contribution in [0.5, 0.6) is 0 Å². The molecule has 0 aliphatic heterocycles. The average molecular weight is 334 g/mol. The lowest BCUT2D eigenvalue weighted by molar-refractivity contribution is -0.139. The van der Waals surface area contributed by atoms with Crippen molar-refractivity contribution in [3.63, 3.8) is 0 Å². The summed E-state index contributed by atoms with van der Waals surface area (Å²) < 4.78 is 0. The highest BCUT2D eigenvalue weighted by Crippen LogP contribution is 2.24.